The number of benzene rings is 2. The van der Waals surface area contributed by atoms with E-state index in [0.29, 0.717) is 23.5 Å². The van der Waals surface area contributed by atoms with Crippen LogP contribution in [0.4, 0.5) is 5.69 Å². The van der Waals surface area contributed by atoms with Gasteiger partial charge in [-0.15, -0.1) is 0 Å². The molecule has 2 heterocycles. The molecule has 2 aromatic carbocycles. The second kappa shape index (κ2) is 8.92. The molecule has 0 radical (unpaired) electrons. The Kier molecular flexibility index (Phi) is 5.89. The molecule has 0 bridgehead atoms. The summed E-state index contributed by atoms with van der Waals surface area (Å²) in [5.41, 5.74) is 3.00. The van der Waals surface area contributed by atoms with Crippen LogP contribution in [-0.4, -0.2) is 23.3 Å². The van der Waals surface area contributed by atoms with E-state index in [0.717, 1.165) is 23.4 Å². The maximum absolute atomic E-state index is 13.3. The van der Waals surface area contributed by atoms with Gasteiger partial charge in [0.15, 0.2) is 0 Å². The third kappa shape index (κ3) is 4.23. The predicted molar refractivity (Wildman–Crippen MR) is 118 cm³/mol. The molecule has 0 spiro atoms. The number of hydrogen-bond donors (Lipinski definition) is 1. The Hall–Kier alpha value is -3.80. The van der Waals surface area contributed by atoms with E-state index in [2.05, 4.69) is 5.32 Å². The van der Waals surface area contributed by atoms with Crippen LogP contribution in [0, 0.1) is 6.92 Å². The second-order valence-electron chi connectivity index (χ2n) is 7.34. The molecule has 0 saturated carbocycles. The summed E-state index contributed by atoms with van der Waals surface area (Å²) in [6.07, 6.45) is 2.43. The zero-order valence-corrected chi connectivity index (χ0v) is 17.6. The molecular weight excluding hydrogens is 392 g/mol. The third-order valence-electron chi connectivity index (χ3n) is 5.08. The van der Waals surface area contributed by atoms with Crippen molar-refractivity contribution in [2.45, 2.75) is 26.8 Å². The molecule has 31 heavy (non-hydrogen) atoms. The fourth-order valence-electron chi connectivity index (χ4n) is 3.45. The largest absolute Gasteiger partial charge is 0.494 e. The lowest BCUT2D eigenvalue weighted by molar-refractivity contribution is -0.137. The maximum Gasteiger partial charge on any atom is 0.278 e. The lowest BCUT2D eigenvalue weighted by atomic mass is 10.0. The van der Waals surface area contributed by atoms with E-state index in [1.165, 1.54) is 11.2 Å². The molecule has 158 valence electrons. The minimum Gasteiger partial charge on any atom is -0.494 e. The highest BCUT2D eigenvalue weighted by molar-refractivity contribution is 6.36. The van der Waals surface area contributed by atoms with Crippen LogP contribution < -0.4 is 10.1 Å². The number of hydrogen-bond acceptors (Lipinski definition) is 5. The molecule has 1 aromatic heterocycles. The van der Waals surface area contributed by atoms with Gasteiger partial charge in [-0.1, -0.05) is 37.3 Å². The van der Waals surface area contributed by atoms with E-state index in [1.54, 1.807) is 24.3 Å². The third-order valence-corrected chi connectivity index (χ3v) is 5.08. The summed E-state index contributed by atoms with van der Waals surface area (Å²) >= 11 is 0. The number of rotatable bonds is 8. The normalized spacial score (nSPS) is 13.8. The summed E-state index contributed by atoms with van der Waals surface area (Å²) in [7, 11) is 0. The molecule has 1 aliphatic rings. The van der Waals surface area contributed by atoms with Crippen molar-refractivity contribution in [3.05, 3.63) is 89.5 Å². The summed E-state index contributed by atoms with van der Waals surface area (Å²) in [5, 5.41) is 3.20. The van der Waals surface area contributed by atoms with Gasteiger partial charge in [-0.25, -0.2) is 0 Å². The lowest BCUT2D eigenvalue weighted by Crippen LogP contribution is -2.31. The van der Waals surface area contributed by atoms with E-state index >= 15 is 0 Å². The fourth-order valence-corrected chi connectivity index (χ4v) is 3.45. The number of ether oxygens (including phenoxy) is 1. The maximum atomic E-state index is 13.3. The number of imide groups is 1. The van der Waals surface area contributed by atoms with Gasteiger partial charge in [0.05, 0.1) is 25.0 Å². The van der Waals surface area contributed by atoms with Gasteiger partial charge in [0, 0.05) is 5.69 Å². The molecular formula is C25H24N2O4. The van der Waals surface area contributed by atoms with Crippen molar-refractivity contribution in [2.24, 2.45) is 0 Å². The number of nitrogens with zero attached hydrogens (tertiary/aromatic N) is 1. The zero-order valence-electron chi connectivity index (χ0n) is 17.6. The van der Waals surface area contributed by atoms with Gasteiger partial charge >= 0.3 is 0 Å². The number of anilines is 1. The van der Waals surface area contributed by atoms with Gasteiger partial charge in [-0.3, -0.25) is 14.5 Å². The van der Waals surface area contributed by atoms with Crippen LogP contribution in [0.5, 0.6) is 5.75 Å². The Morgan fingerprint density at radius 2 is 1.74 bits per heavy atom. The first kappa shape index (κ1) is 20.5. The molecule has 3 aromatic rings. The molecule has 0 atom stereocenters. The molecule has 6 nitrogen and oxygen atoms in total. The minimum atomic E-state index is -0.383. The average Bonchev–Trinajstić information content (AvgIpc) is 3.37. The number of carbonyl (C=O) groups excluding carboxylic acids is 2. The Labute approximate surface area is 181 Å². The Balaban J connectivity index is 1.71. The first-order chi connectivity index (χ1) is 15.1. The van der Waals surface area contributed by atoms with Gasteiger partial charge in [0.25, 0.3) is 11.8 Å². The monoisotopic (exact) mass is 416 g/mol. The average molecular weight is 416 g/mol. The minimum absolute atomic E-state index is 0.0742. The standard InChI is InChI=1S/C25H24N2O4/c1-3-14-30-19-12-10-18(11-13-19)22-23(26-21-9-5-4-7-17(21)2)25(29)27(24(22)28)16-20-8-6-15-31-20/h4-13,15,26H,3,14,16H2,1-2H3. The Morgan fingerprint density at radius 1 is 0.968 bits per heavy atom. The quantitative estimate of drug-likeness (QED) is 0.536. The van der Waals surface area contributed by atoms with Crippen LogP contribution in [-0.2, 0) is 16.1 Å². The smallest absolute Gasteiger partial charge is 0.278 e. The van der Waals surface area contributed by atoms with Crippen LogP contribution in [0.1, 0.15) is 30.2 Å². The summed E-state index contributed by atoms with van der Waals surface area (Å²) < 4.78 is 11.0. The molecule has 4 rings (SSSR count). The van der Waals surface area contributed by atoms with Crippen LogP contribution in [0.3, 0.4) is 0 Å². The second-order valence-corrected chi connectivity index (χ2v) is 7.34. The molecule has 6 heteroatoms. The number of carbonyl (C=O) groups is 2. The van der Waals surface area contributed by atoms with Crippen molar-refractivity contribution in [1.29, 1.82) is 0 Å². The lowest BCUT2D eigenvalue weighted by Gasteiger charge is -2.14. The van der Waals surface area contributed by atoms with Crippen LogP contribution >= 0.6 is 0 Å². The number of amides is 2. The van der Waals surface area contributed by atoms with Crippen LogP contribution in [0.25, 0.3) is 5.57 Å². The molecule has 0 unspecified atom stereocenters. The number of aryl methyl sites for hydroxylation is 1. The highest BCUT2D eigenvalue weighted by Crippen LogP contribution is 2.33. The first-order valence-corrected chi connectivity index (χ1v) is 10.3. The van der Waals surface area contributed by atoms with E-state index in [1.807, 2.05) is 50.2 Å². The highest BCUT2D eigenvalue weighted by Gasteiger charge is 2.39. The molecule has 0 fully saturated rings. The molecule has 0 aliphatic carbocycles. The molecule has 1 aliphatic heterocycles. The van der Waals surface area contributed by atoms with Gasteiger partial charge in [-0.05, 0) is 54.8 Å². The van der Waals surface area contributed by atoms with Crippen molar-refractivity contribution in [3.63, 3.8) is 0 Å². The Morgan fingerprint density at radius 3 is 2.42 bits per heavy atom. The Bertz CT molecular complexity index is 1110. The number of furan rings is 1. The van der Waals surface area contributed by atoms with Crippen molar-refractivity contribution in [1.82, 2.24) is 4.90 Å². The highest BCUT2D eigenvalue weighted by atomic mass is 16.5. The number of para-hydroxylation sites is 1. The summed E-state index contributed by atoms with van der Waals surface area (Å²) in [6.45, 7) is 4.69. The van der Waals surface area contributed by atoms with Crippen molar-refractivity contribution >= 4 is 23.1 Å². The molecule has 2 amide bonds. The number of nitrogens with one attached hydrogen (secondary N) is 1. The summed E-state index contributed by atoms with van der Waals surface area (Å²) in [4.78, 5) is 27.8. The van der Waals surface area contributed by atoms with Crippen molar-refractivity contribution in [2.75, 3.05) is 11.9 Å². The topological polar surface area (TPSA) is 71.8 Å². The van der Waals surface area contributed by atoms with E-state index in [4.69, 9.17) is 9.15 Å². The SMILES string of the molecule is CCCOc1ccc(C2=C(Nc3ccccc3C)C(=O)N(Cc3ccco3)C2=O)cc1. The fraction of sp³-hybridized carbons (Fsp3) is 0.200. The van der Waals surface area contributed by atoms with E-state index in [9.17, 15) is 9.59 Å². The van der Waals surface area contributed by atoms with Crippen molar-refractivity contribution < 1.29 is 18.7 Å². The van der Waals surface area contributed by atoms with Gasteiger partial charge in [-0.2, -0.15) is 0 Å². The molecule has 1 N–H and O–H groups in total. The first-order valence-electron chi connectivity index (χ1n) is 10.3. The van der Waals surface area contributed by atoms with Gasteiger partial charge in [0.2, 0.25) is 0 Å². The van der Waals surface area contributed by atoms with Gasteiger partial charge in [0.1, 0.15) is 17.2 Å². The molecule has 0 saturated heterocycles. The van der Waals surface area contributed by atoms with E-state index < -0.39 is 0 Å². The summed E-state index contributed by atoms with van der Waals surface area (Å²) in [5.74, 6) is 0.524. The zero-order chi connectivity index (χ0) is 21.8. The van der Waals surface area contributed by atoms with Crippen LogP contribution in [0.15, 0.2) is 77.0 Å². The van der Waals surface area contributed by atoms with E-state index in [-0.39, 0.29) is 24.1 Å². The summed E-state index contributed by atoms with van der Waals surface area (Å²) in [6, 6.07) is 18.4. The van der Waals surface area contributed by atoms with Crippen LogP contribution in [0.2, 0.25) is 0 Å². The van der Waals surface area contributed by atoms with Crippen molar-refractivity contribution in [3.8, 4) is 5.75 Å². The van der Waals surface area contributed by atoms with Gasteiger partial charge < -0.3 is 14.5 Å². The predicted octanol–water partition coefficient (Wildman–Crippen LogP) is 4.77.